The Hall–Kier alpha value is -3.06. The Bertz CT molecular complexity index is 1010. The van der Waals surface area contributed by atoms with E-state index in [0.29, 0.717) is 22.9 Å². The monoisotopic (exact) mass is 438 g/mol. The zero-order valence-electron chi connectivity index (χ0n) is 18.0. The minimum Gasteiger partial charge on any atom is -0.490 e. The third-order valence-electron chi connectivity index (χ3n) is 4.60. The van der Waals surface area contributed by atoms with Crippen molar-refractivity contribution in [3.8, 4) is 5.75 Å². The number of carbonyl (C=O) groups excluding carboxylic acids is 3. The zero-order chi connectivity index (χ0) is 22.5. The van der Waals surface area contributed by atoms with Gasteiger partial charge in [-0.05, 0) is 61.4 Å². The zero-order valence-corrected chi connectivity index (χ0v) is 18.9. The maximum absolute atomic E-state index is 12.8. The predicted octanol–water partition coefficient (Wildman–Crippen LogP) is 5.27. The molecule has 3 rings (SSSR count). The molecule has 1 N–H and O–H groups in total. The number of ether oxygens (including phenoxy) is 1. The second kappa shape index (κ2) is 9.83. The van der Waals surface area contributed by atoms with Gasteiger partial charge in [0.1, 0.15) is 12.3 Å². The molecule has 162 valence electrons. The number of imide groups is 1. The molecule has 0 atom stereocenters. The molecule has 0 saturated carbocycles. The average Bonchev–Trinajstić information content (AvgIpc) is 2.97. The first kappa shape index (κ1) is 22.6. The fourth-order valence-electron chi connectivity index (χ4n) is 3.03. The quantitative estimate of drug-likeness (QED) is 0.596. The van der Waals surface area contributed by atoms with Gasteiger partial charge in [-0.3, -0.25) is 19.3 Å². The molecule has 0 bridgehead atoms. The van der Waals surface area contributed by atoms with E-state index in [-0.39, 0.29) is 17.6 Å². The van der Waals surface area contributed by atoms with Crippen LogP contribution >= 0.6 is 11.8 Å². The fraction of sp³-hybridized carbons (Fsp3) is 0.292. The van der Waals surface area contributed by atoms with Crippen LogP contribution in [0.25, 0.3) is 6.08 Å². The molecule has 0 radical (unpaired) electrons. The number of thioether (sulfide) groups is 1. The number of anilines is 1. The van der Waals surface area contributed by atoms with E-state index in [1.54, 1.807) is 6.08 Å². The number of nitrogens with one attached hydrogen (secondary N) is 1. The largest absolute Gasteiger partial charge is 0.490 e. The van der Waals surface area contributed by atoms with Gasteiger partial charge in [0, 0.05) is 11.3 Å². The van der Waals surface area contributed by atoms with Crippen LogP contribution in [0.2, 0.25) is 0 Å². The number of para-hydroxylation sites is 1. The number of rotatable bonds is 7. The smallest absolute Gasteiger partial charge is 0.294 e. The molecule has 0 spiro atoms. The van der Waals surface area contributed by atoms with Crippen LogP contribution in [0.15, 0.2) is 53.4 Å². The molecule has 1 aliphatic heterocycles. The fourth-order valence-corrected chi connectivity index (χ4v) is 3.86. The molecule has 0 aromatic heterocycles. The number of amides is 3. The highest BCUT2D eigenvalue weighted by Gasteiger charge is 2.36. The van der Waals surface area contributed by atoms with Crippen molar-refractivity contribution in [2.45, 2.75) is 39.7 Å². The van der Waals surface area contributed by atoms with Gasteiger partial charge < -0.3 is 10.1 Å². The van der Waals surface area contributed by atoms with Crippen LogP contribution < -0.4 is 10.1 Å². The summed E-state index contributed by atoms with van der Waals surface area (Å²) in [6, 6.07) is 14.8. The number of nitrogens with zero attached hydrogens (tertiary/aromatic N) is 1. The van der Waals surface area contributed by atoms with Crippen molar-refractivity contribution in [3.05, 3.63) is 64.6 Å². The van der Waals surface area contributed by atoms with Crippen LogP contribution in [0.5, 0.6) is 5.75 Å². The molecule has 1 saturated heterocycles. The Morgan fingerprint density at radius 1 is 1.06 bits per heavy atom. The SMILES string of the molecule is CC(C)Oc1ccccc1/C=C1\SC(=O)N(CC(=O)Nc2ccc(C(C)C)cc2)C1=O. The normalized spacial score (nSPS) is 15.3. The lowest BCUT2D eigenvalue weighted by Gasteiger charge is -2.13. The predicted molar refractivity (Wildman–Crippen MR) is 124 cm³/mol. The topological polar surface area (TPSA) is 75.7 Å². The van der Waals surface area contributed by atoms with Crippen molar-refractivity contribution in [2.24, 2.45) is 0 Å². The van der Waals surface area contributed by atoms with E-state index in [9.17, 15) is 14.4 Å². The second-order valence-electron chi connectivity index (χ2n) is 7.80. The van der Waals surface area contributed by atoms with E-state index in [0.717, 1.165) is 22.2 Å². The number of hydrogen-bond donors (Lipinski definition) is 1. The van der Waals surface area contributed by atoms with Gasteiger partial charge in [-0.1, -0.05) is 44.2 Å². The van der Waals surface area contributed by atoms with Gasteiger partial charge in [0.2, 0.25) is 5.91 Å². The van der Waals surface area contributed by atoms with Crippen LogP contribution in [-0.4, -0.2) is 34.6 Å². The third-order valence-corrected chi connectivity index (χ3v) is 5.51. The van der Waals surface area contributed by atoms with Crippen molar-refractivity contribution in [3.63, 3.8) is 0 Å². The number of benzene rings is 2. The van der Waals surface area contributed by atoms with Crippen LogP contribution in [-0.2, 0) is 9.59 Å². The van der Waals surface area contributed by atoms with E-state index in [2.05, 4.69) is 19.2 Å². The summed E-state index contributed by atoms with van der Waals surface area (Å²) < 4.78 is 5.77. The van der Waals surface area contributed by atoms with Crippen molar-refractivity contribution in [1.82, 2.24) is 4.90 Å². The summed E-state index contributed by atoms with van der Waals surface area (Å²) in [4.78, 5) is 38.8. The molecule has 3 amide bonds. The third kappa shape index (κ3) is 5.76. The van der Waals surface area contributed by atoms with Crippen molar-refractivity contribution < 1.29 is 19.1 Å². The highest BCUT2D eigenvalue weighted by atomic mass is 32.2. The van der Waals surface area contributed by atoms with Gasteiger partial charge in [-0.2, -0.15) is 0 Å². The molecule has 2 aromatic rings. The Balaban J connectivity index is 1.69. The summed E-state index contributed by atoms with van der Waals surface area (Å²) in [7, 11) is 0. The molecule has 2 aromatic carbocycles. The summed E-state index contributed by atoms with van der Waals surface area (Å²) in [6.45, 7) is 7.68. The lowest BCUT2D eigenvalue weighted by molar-refractivity contribution is -0.127. The summed E-state index contributed by atoms with van der Waals surface area (Å²) in [5, 5.41) is 2.27. The first-order valence-electron chi connectivity index (χ1n) is 10.2. The Kier molecular flexibility index (Phi) is 7.17. The standard InChI is InChI=1S/C24H26N2O4S/c1-15(2)17-9-11-19(12-10-17)25-22(27)14-26-23(28)21(31-24(26)29)13-18-7-5-6-8-20(18)30-16(3)4/h5-13,15-16H,14H2,1-4H3,(H,25,27)/b21-13-. The van der Waals surface area contributed by atoms with Gasteiger partial charge in [0.05, 0.1) is 11.0 Å². The highest BCUT2D eigenvalue weighted by Crippen LogP contribution is 2.34. The Morgan fingerprint density at radius 3 is 2.39 bits per heavy atom. The minimum absolute atomic E-state index is 0.0251. The molecule has 1 heterocycles. The Morgan fingerprint density at radius 2 is 1.74 bits per heavy atom. The lowest BCUT2D eigenvalue weighted by atomic mass is 10.0. The molecule has 0 aliphatic carbocycles. The first-order chi connectivity index (χ1) is 14.7. The molecule has 1 fully saturated rings. The van der Waals surface area contributed by atoms with E-state index in [1.807, 2.05) is 62.4 Å². The van der Waals surface area contributed by atoms with Gasteiger partial charge in [-0.15, -0.1) is 0 Å². The molecule has 6 nitrogen and oxygen atoms in total. The first-order valence-corrected chi connectivity index (χ1v) is 11.0. The maximum Gasteiger partial charge on any atom is 0.294 e. The molecular formula is C24H26N2O4S. The summed E-state index contributed by atoms with van der Waals surface area (Å²) >= 11 is 0.821. The maximum atomic E-state index is 12.8. The van der Waals surface area contributed by atoms with Crippen LogP contribution in [0.4, 0.5) is 10.5 Å². The Labute approximate surface area is 186 Å². The van der Waals surface area contributed by atoms with Crippen LogP contribution in [0.1, 0.15) is 44.7 Å². The molecule has 0 unspecified atom stereocenters. The molecule has 1 aliphatic rings. The summed E-state index contributed by atoms with van der Waals surface area (Å²) in [5.41, 5.74) is 2.49. The van der Waals surface area contributed by atoms with E-state index in [1.165, 1.54) is 0 Å². The lowest BCUT2D eigenvalue weighted by Crippen LogP contribution is -2.36. The molecular weight excluding hydrogens is 412 g/mol. The second-order valence-corrected chi connectivity index (χ2v) is 8.79. The van der Waals surface area contributed by atoms with Crippen LogP contribution in [0.3, 0.4) is 0 Å². The highest BCUT2D eigenvalue weighted by molar-refractivity contribution is 8.18. The average molecular weight is 439 g/mol. The molecule has 31 heavy (non-hydrogen) atoms. The van der Waals surface area contributed by atoms with Crippen molar-refractivity contribution in [2.75, 3.05) is 11.9 Å². The van der Waals surface area contributed by atoms with Crippen molar-refractivity contribution >= 4 is 40.6 Å². The van der Waals surface area contributed by atoms with Crippen molar-refractivity contribution in [1.29, 1.82) is 0 Å². The van der Waals surface area contributed by atoms with E-state index < -0.39 is 17.1 Å². The van der Waals surface area contributed by atoms with Gasteiger partial charge >= 0.3 is 0 Å². The van der Waals surface area contributed by atoms with E-state index >= 15 is 0 Å². The van der Waals surface area contributed by atoms with Gasteiger partial charge in [0.15, 0.2) is 0 Å². The van der Waals surface area contributed by atoms with E-state index in [4.69, 9.17) is 4.74 Å². The van der Waals surface area contributed by atoms with Crippen LogP contribution in [0, 0.1) is 0 Å². The number of hydrogen-bond acceptors (Lipinski definition) is 5. The van der Waals surface area contributed by atoms with Gasteiger partial charge in [0.25, 0.3) is 11.1 Å². The summed E-state index contributed by atoms with van der Waals surface area (Å²) in [6.07, 6.45) is 1.61. The van der Waals surface area contributed by atoms with Gasteiger partial charge in [-0.25, -0.2) is 0 Å². The molecule has 7 heteroatoms. The number of carbonyl (C=O) groups is 3. The summed E-state index contributed by atoms with van der Waals surface area (Å²) in [5.74, 6) is 0.110. The minimum atomic E-state index is -0.486.